The summed E-state index contributed by atoms with van der Waals surface area (Å²) >= 11 is 0. The Morgan fingerprint density at radius 3 is 2.59 bits per heavy atom. The molecule has 0 spiro atoms. The molecule has 3 fully saturated rings. The second-order valence-electron chi connectivity index (χ2n) is 5.74. The van der Waals surface area contributed by atoms with Gasteiger partial charge >= 0.3 is 11.9 Å². The number of rotatable bonds is 5. The first-order chi connectivity index (χ1) is 10.4. The number of carbonyl (C=O) groups excluding carboxylic acids is 2. The number of aliphatic hydroxyl groups excluding tert-OH is 1. The molecular formula is C15H18O7. The van der Waals surface area contributed by atoms with Crippen LogP contribution in [0.15, 0.2) is 24.5 Å². The predicted molar refractivity (Wildman–Crippen MR) is 72.4 cm³/mol. The van der Waals surface area contributed by atoms with Gasteiger partial charge < -0.3 is 24.1 Å². The molecule has 6 atom stereocenters. The Morgan fingerprint density at radius 2 is 1.91 bits per heavy atom. The second kappa shape index (κ2) is 5.40. The summed E-state index contributed by atoms with van der Waals surface area (Å²) in [7, 11) is 0. The van der Waals surface area contributed by atoms with E-state index in [9.17, 15) is 14.7 Å². The largest absolute Gasteiger partial charge is 0.489 e. The molecule has 3 aliphatic heterocycles. The van der Waals surface area contributed by atoms with Gasteiger partial charge in [-0.2, -0.15) is 0 Å². The fraction of sp³-hybridized carbons (Fsp3) is 0.600. The maximum Gasteiger partial charge on any atom is 0.333 e. The lowest BCUT2D eigenvalue weighted by Crippen LogP contribution is -2.45. The lowest BCUT2D eigenvalue weighted by atomic mass is 9.78. The van der Waals surface area contributed by atoms with E-state index in [2.05, 4.69) is 13.2 Å². The highest BCUT2D eigenvalue weighted by Gasteiger charge is 2.68. The second-order valence-corrected chi connectivity index (χ2v) is 5.74. The third-order valence-corrected chi connectivity index (χ3v) is 4.25. The normalized spacial score (nSPS) is 37.8. The van der Waals surface area contributed by atoms with Crippen molar-refractivity contribution in [3.8, 4) is 0 Å². The summed E-state index contributed by atoms with van der Waals surface area (Å²) in [5.41, 5.74) is 0.279. The minimum Gasteiger partial charge on any atom is -0.489 e. The van der Waals surface area contributed by atoms with E-state index < -0.39 is 36.2 Å². The molecule has 0 radical (unpaired) electrons. The number of hydrogen-bond acceptors (Lipinski definition) is 7. The van der Waals surface area contributed by atoms with E-state index in [-0.39, 0.29) is 30.8 Å². The van der Waals surface area contributed by atoms with Crippen molar-refractivity contribution in [2.75, 3.05) is 13.2 Å². The minimum atomic E-state index is -0.862. The standard InChI is InChI=1S/C15H18O7/c1-6(2)14(17)19-4-5-20-15(18)9-8-7(3)21-13-10(16)11(9)22-12(8)13/h8-13,16H,1,3-5H2,2H3. The van der Waals surface area contributed by atoms with Crippen molar-refractivity contribution in [2.24, 2.45) is 11.8 Å². The van der Waals surface area contributed by atoms with E-state index in [4.69, 9.17) is 18.9 Å². The van der Waals surface area contributed by atoms with Crippen LogP contribution in [0.25, 0.3) is 0 Å². The van der Waals surface area contributed by atoms with Gasteiger partial charge in [-0.1, -0.05) is 13.2 Å². The molecule has 1 N–H and O–H groups in total. The fourth-order valence-corrected chi connectivity index (χ4v) is 3.27. The van der Waals surface area contributed by atoms with Crippen molar-refractivity contribution in [3.05, 3.63) is 24.5 Å². The molecule has 120 valence electrons. The van der Waals surface area contributed by atoms with Crippen LogP contribution in [0.4, 0.5) is 0 Å². The Bertz CT molecular complexity index is 540. The number of aliphatic hydroxyl groups is 1. The zero-order chi connectivity index (χ0) is 16.0. The van der Waals surface area contributed by atoms with Crippen LogP contribution < -0.4 is 0 Å². The predicted octanol–water partition coefficient (Wildman–Crippen LogP) is -0.0643. The maximum atomic E-state index is 12.2. The number of carbonyl (C=O) groups is 2. The molecular weight excluding hydrogens is 292 g/mol. The van der Waals surface area contributed by atoms with E-state index in [0.29, 0.717) is 5.76 Å². The number of fused-ring (bicyclic) bond motifs is 1. The molecule has 3 saturated heterocycles. The molecule has 6 unspecified atom stereocenters. The average molecular weight is 310 g/mol. The van der Waals surface area contributed by atoms with Crippen LogP contribution in [-0.4, -0.2) is 54.7 Å². The van der Waals surface area contributed by atoms with Gasteiger partial charge in [-0.3, -0.25) is 4.79 Å². The van der Waals surface area contributed by atoms with E-state index in [1.54, 1.807) is 0 Å². The number of ether oxygens (including phenoxy) is 4. The molecule has 0 aromatic rings. The number of hydrogen-bond donors (Lipinski definition) is 1. The van der Waals surface area contributed by atoms with Gasteiger partial charge in [0.2, 0.25) is 0 Å². The highest BCUT2D eigenvalue weighted by molar-refractivity contribution is 5.86. The van der Waals surface area contributed by atoms with Gasteiger partial charge in [-0.25, -0.2) is 4.79 Å². The Hall–Kier alpha value is -1.86. The van der Waals surface area contributed by atoms with Crippen LogP contribution >= 0.6 is 0 Å². The molecule has 2 bridgehead atoms. The molecule has 3 aliphatic rings. The van der Waals surface area contributed by atoms with Crippen LogP contribution in [0.1, 0.15) is 6.92 Å². The van der Waals surface area contributed by atoms with Crippen LogP contribution in [0.3, 0.4) is 0 Å². The Balaban J connectivity index is 1.54. The van der Waals surface area contributed by atoms with Gasteiger partial charge in [-0.05, 0) is 6.92 Å². The van der Waals surface area contributed by atoms with Crippen LogP contribution in [0, 0.1) is 11.8 Å². The molecule has 22 heavy (non-hydrogen) atoms. The molecule has 0 saturated carbocycles. The monoisotopic (exact) mass is 310 g/mol. The topological polar surface area (TPSA) is 91.3 Å². The third-order valence-electron chi connectivity index (χ3n) is 4.25. The van der Waals surface area contributed by atoms with Gasteiger partial charge in [0, 0.05) is 5.57 Å². The first kappa shape index (κ1) is 15.1. The van der Waals surface area contributed by atoms with E-state index >= 15 is 0 Å². The summed E-state index contributed by atoms with van der Waals surface area (Å²) in [5.74, 6) is -1.51. The Kier molecular flexibility index (Phi) is 3.70. The summed E-state index contributed by atoms with van der Waals surface area (Å²) < 4.78 is 21.0. The molecule has 0 aromatic heterocycles. The van der Waals surface area contributed by atoms with Crippen molar-refractivity contribution in [1.82, 2.24) is 0 Å². The van der Waals surface area contributed by atoms with Crippen LogP contribution in [-0.2, 0) is 28.5 Å². The molecule has 7 nitrogen and oxygen atoms in total. The van der Waals surface area contributed by atoms with Gasteiger partial charge in [0.05, 0.1) is 17.6 Å². The average Bonchev–Trinajstić information content (AvgIpc) is 3.07. The van der Waals surface area contributed by atoms with Crippen molar-refractivity contribution in [3.63, 3.8) is 0 Å². The minimum absolute atomic E-state index is 0.0492. The highest BCUT2D eigenvalue weighted by atomic mass is 16.6. The lowest BCUT2D eigenvalue weighted by molar-refractivity contribution is -0.157. The van der Waals surface area contributed by atoms with Gasteiger partial charge in [0.15, 0.2) is 6.10 Å². The third kappa shape index (κ3) is 2.21. The first-order valence-electron chi connectivity index (χ1n) is 7.10. The van der Waals surface area contributed by atoms with Crippen molar-refractivity contribution < 1.29 is 33.6 Å². The van der Waals surface area contributed by atoms with Gasteiger partial charge in [0.1, 0.15) is 31.5 Å². The summed E-state index contributed by atoms with van der Waals surface area (Å²) in [6, 6.07) is 0. The lowest BCUT2D eigenvalue weighted by Gasteiger charge is -2.24. The Morgan fingerprint density at radius 1 is 1.23 bits per heavy atom. The van der Waals surface area contributed by atoms with Crippen molar-refractivity contribution in [1.29, 1.82) is 0 Å². The molecule has 7 heteroatoms. The summed E-state index contributed by atoms with van der Waals surface area (Å²) in [6.45, 7) is 8.65. The van der Waals surface area contributed by atoms with E-state index in [0.717, 1.165) is 0 Å². The molecule has 3 heterocycles. The van der Waals surface area contributed by atoms with Gasteiger partial charge in [0.25, 0.3) is 0 Å². The van der Waals surface area contributed by atoms with Crippen LogP contribution in [0.5, 0.6) is 0 Å². The van der Waals surface area contributed by atoms with Crippen LogP contribution in [0.2, 0.25) is 0 Å². The molecule has 3 rings (SSSR count). The first-order valence-corrected chi connectivity index (χ1v) is 7.10. The van der Waals surface area contributed by atoms with E-state index in [1.807, 2.05) is 0 Å². The quantitative estimate of drug-likeness (QED) is 0.432. The fourth-order valence-electron chi connectivity index (χ4n) is 3.27. The summed E-state index contributed by atoms with van der Waals surface area (Å²) in [6.07, 6.45) is -2.28. The van der Waals surface area contributed by atoms with Crippen molar-refractivity contribution in [2.45, 2.75) is 31.3 Å². The molecule has 0 amide bonds. The molecule has 0 aliphatic carbocycles. The Labute approximate surface area is 127 Å². The maximum absolute atomic E-state index is 12.2. The summed E-state index contributed by atoms with van der Waals surface area (Å²) in [5, 5.41) is 10.1. The SMILES string of the molecule is C=C(C)C(=O)OCCOC(=O)C1C2OC3C(OC(=C)C31)C2O. The molecule has 0 aromatic carbocycles. The van der Waals surface area contributed by atoms with Gasteiger partial charge in [-0.15, -0.1) is 0 Å². The van der Waals surface area contributed by atoms with E-state index in [1.165, 1.54) is 6.92 Å². The zero-order valence-electron chi connectivity index (χ0n) is 12.2. The van der Waals surface area contributed by atoms with Crippen molar-refractivity contribution >= 4 is 11.9 Å². The summed E-state index contributed by atoms with van der Waals surface area (Å²) in [4.78, 5) is 23.4. The zero-order valence-corrected chi connectivity index (χ0v) is 12.2. The number of esters is 2. The smallest absolute Gasteiger partial charge is 0.333 e. The highest BCUT2D eigenvalue weighted by Crippen LogP contribution is 2.53.